The van der Waals surface area contributed by atoms with Crippen molar-refractivity contribution in [1.82, 2.24) is 15.2 Å². The Labute approximate surface area is 131 Å². The molecule has 0 unspecified atom stereocenters. The first kappa shape index (κ1) is 14.3. The Kier molecular flexibility index (Phi) is 4.20. The minimum Gasteiger partial charge on any atom is -0.441 e. The van der Waals surface area contributed by atoms with Crippen LogP contribution in [0.25, 0.3) is 11.3 Å². The number of nitrogens with one attached hydrogen (secondary N) is 2. The number of aromatic nitrogens is 3. The van der Waals surface area contributed by atoms with Crippen molar-refractivity contribution in [3.63, 3.8) is 0 Å². The number of aryl methyl sites for hydroxylation is 1. The summed E-state index contributed by atoms with van der Waals surface area (Å²) in [5.74, 6) is 1.06. The molecule has 2 aromatic heterocycles. The lowest BCUT2D eigenvalue weighted by Gasteiger charge is -2.00. The summed E-state index contributed by atoms with van der Waals surface area (Å²) in [6.45, 7) is 0. The molecule has 2 N–H and O–H groups in total. The van der Waals surface area contributed by atoms with Crippen molar-refractivity contribution in [2.24, 2.45) is 0 Å². The number of anilines is 1. The van der Waals surface area contributed by atoms with Gasteiger partial charge >= 0.3 is 0 Å². The van der Waals surface area contributed by atoms with E-state index >= 15 is 0 Å². The number of carbonyl (C=O) groups is 1. The molecule has 3 rings (SSSR count). The zero-order valence-electron chi connectivity index (χ0n) is 11.5. The third-order valence-electron chi connectivity index (χ3n) is 3.03. The molecular weight excluding hydrogens is 304 g/mol. The van der Waals surface area contributed by atoms with Gasteiger partial charge < -0.3 is 9.73 Å². The van der Waals surface area contributed by atoms with Gasteiger partial charge in [-0.2, -0.15) is 5.10 Å². The van der Waals surface area contributed by atoms with E-state index in [-0.39, 0.29) is 12.3 Å². The Balaban J connectivity index is 1.57. The number of aromatic amines is 1. The van der Waals surface area contributed by atoms with Crippen molar-refractivity contribution in [3.8, 4) is 11.3 Å². The van der Waals surface area contributed by atoms with E-state index in [9.17, 15) is 4.79 Å². The average molecular weight is 317 g/mol. The molecule has 7 heteroatoms. The van der Waals surface area contributed by atoms with Crippen molar-refractivity contribution in [3.05, 3.63) is 53.8 Å². The van der Waals surface area contributed by atoms with Gasteiger partial charge in [-0.15, -0.1) is 0 Å². The highest BCUT2D eigenvalue weighted by Crippen LogP contribution is 2.22. The molecule has 3 aromatic rings. The molecule has 0 radical (unpaired) electrons. The summed E-state index contributed by atoms with van der Waals surface area (Å²) in [4.78, 5) is 15.9. The normalized spacial score (nSPS) is 10.6. The van der Waals surface area contributed by atoms with Crippen LogP contribution in [0.3, 0.4) is 0 Å². The monoisotopic (exact) mass is 316 g/mol. The van der Waals surface area contributed by atoms with E-state index < -0.39 is 0 Å². The topological polar surface area (TPSA) is 83.8 Å². The number of rotatable bonds is 5. The van der Waals surface area contributed by atoms with Crippen LogP contribution in [0.5, 0.6) is 0 Å². The van der Waals surface area contributed by atoms with Crippen molar-refractivity contribution >= 4 is 23.2 Å². The van der Waals surface area contributed by atoms with Gasteiger partial charge in [0, 0.05) is 29.6 Å². The standard InChI is InChI=1S/C15H13ClN4O2/c16-11-3-1-10(2-4-11)13-9-17-15(22-13)6-5-14(21)20-12-7-18-19-8-12/h1-4,7-9H,5-6H2,(H,18,19)(H,20,21). The molecule has 0 fully saturated rings. The molecule has 0 saturated heterocycles. The molecule has 1 aromatic carbocycles. The van der Waals surface area contributed by atoms with Crippen LogP contribution < -0.4 is 5.32 Å². The first-order valence-electron chi connectivity index (χ1n) is 6.70. The Morgan fingerprint density at radius 3 is 2.82 bits per heavy atom. The van der Waals surface area contributed by atoms with Crippen molar-refractivity contribution in [2.75, 3.05) is 5.32 Å². The first-order chi connectivity index (χ1) is 10.7. The Hall–Kier alpha value is -2.60. The molecule has 0 spiro atoms. The lowest BCUT2D eigenvalue weighted by atomic mass is 10.2. The average Bonchev–Trinajstić information content (AvgIpc) is 3.17. The third kappa shape index (κ3) is 3.53. The van der Waals surface area contributed by atoms with Crippen LogP contribution in [-0.4, -0.2) is 21.1 Å². The third-order valence-corrected chi connectivity index (χ3v) is 3.28. The zero-order chi connectivity index (χ0) is 15.4. The number of carbonyl (C=O) groups excluding carboxylic acids is 1. The minimum absolute atomic E-state index is 0.118. The molecule has 6 nitrogen and oxygen atoms in total. The molecular formula is C15H13ClN4O2. The van der Waals surface area contributed by atoms with Gasteiger partial charge in [0.1, 0.15) is 0 Å². The molecule has 112 valence electrons. The second kappa shape index (κ2) is 6.44. The van der Waals surface area contributed by atoms with Crippen LogP contribution >= 0.6 is 11.6 Å². The number of benzene rings is 1. The van der Waals surface area contributed by atoms with Crippen LogP contribution in [0.15, 0.2) is 47.3 Å². The Morgan fingerprint density at radius 1 is 1.27 bits per heavy atom. The summed E-state index contributed by atoms with van der Waals surface area (Å²) in [6, 6.07) is 7.30. The maximum atomic E-state index is 11.8. The van der Waals surface area contributed by atoms with E-state index in [1.54, 1.807) is 30.7 Å². The number of oxazole rings is 1. The summed E-state index contributed by atoms with van der Waals surface area (Å²) in [5, 5.41) is 9.77. The highest BCUT2D eigenvalue weighted by molar-refractivity contribution is 6.30. The number of halogens is 1. The fraction of sp³-hybridized carbons (Fsp3) is 0.133. The van der Waals surface area contributed by atoms with Crippen LogP contribution in [0, 0.1) is 0 Å². The summed E-state index contributed by atoms with van der Waals surface area (Å²) in [5.41, 5.74) is 1.53. The second-order valence-electron chi connectivity index (χ2n) is 4.66. The van der Waals surface area contributed by atoms with Crippen LogP contribution in [-0.2, 0) is 11.2 Å². The molecule has 0 bridgehead atoms. The van der Waals surface area contributed by atoms with E-state index in [1.807, 2.05) is 12.1 Å². The van der Waals surface area contributed by atoms with Gasteiger partial charge in [0.2, 0.25) is 5.91 Å². The Bertz CT molecular complexity index is 750. The van der Waals surface area contributed by atoms with E-state index in [2.05, 4.69) is 20.5 Å². The van der Waals surface area contributed by atoms with E-state index in [0.29, 0.717) is 28.8 Å². The van der Waals surface area contributed by atoms with Gasteiger partial charge in [0.05, 0.1) is 18.1 Å². The fourth-order valence-electron chi connectivity index (χ4n) is 1.94. The van der Waals surface area contributed by atoms with E-state index in [1.165, 1.54) is 0 Å². The summed E-state index contributed by atoms with van der Waals surface area (Å²) >= 11 is 5.85. The fourth-order valence-corrected chi connectivity index (χ4v) is 2.06. The highest BCUT2D eigenvalue weighted by atomic mass is 35.5. The summed E-state index contributed by atoms with van der Waals surface area (Å²) in [6.07, 6.45) is 5.51. The van der Waals surface area contributed by atoms with Crippen molar-refractivity contribution in [1.29, 1.82) is 0 Å². The van der Waals surface area contributed by atoms with Crippen molar-refractivity contribution in [2.45, 2.75) is 12.8 Å². The number of H-pyrrole nitrogens is 1. The zero-order valence-corrected chi connectivity index (χ0v) is 12.3. The van der Waals surface area contributed by atoms with Gasteiger partial charge in [-0.1, -0.05) is 11.6 Å². The molecule has 22 heavy (non-hydrogen) atoms. The van der Waals surface area contributed by atoms with Gasteiger partial charge in [-0.25, -0.2) is 4.98 Å². The number of amides is 1. The number of nitrogens with zero attached hydrogens (tertiary/aromatic N) is 2. The minimum atomic E-state index is -0.118. The molecule has 0 saturated carbocycles. The van der Waals surface area contributed by atoms with Crippen LogP contribution in [0.2, 0.25) is 5.02 Å². The lowest BCUT2D eigenvalue weighted by Crippen LogP contribution is -2.11. The summed E-state index contributed by atoms with van der Waals surface area (Å²) < 4.78 is 5.64. The highest BCUT2D eigenvalue weighted by Gasteiger charge is 2.09. The van der Waals surface area contributed by atoms with Gasteiger partial charge in [-0.05, 0) is 24.3 Å². The van der Waals surface area contributed by atoms with Crippen LogP contribution in [0.1, 0.15) is 12.3 Å². The molecule has 1 amide bonds. The summed E-state index contributed by atoms with van der Waals surface area (Å²) in [7, 11) is 0. The first-order valence-corrected chi connectivity index (χ1v) is 7.08. The van der Waals surface area contributed by atoms with Gasteiger partial charge in [0.25, 0.3) is 0 Å². The predicted octanol–water partition coefficient (Wildman–Crippen LogP) is 3.29. The molecule has 0 aliphatic rings. The van der Waals surface area contributed by atoms with Gasteiger partial charge in [-0.3, -0.25) is 9.89 Å². The van der Waals surface area contributed by atoms with E-state index in [4.69, 9.17) is 16.0 Å². The molecule has 0 atom stereocenters. The van der Waals surface area contributed by atoms with Crippen molar-refractivity contribution < 1.29 is 9.21 Å². The SMILES string of the molecule is O=C(CCc1ncc(-c2ccc(Cl)cc2)o1)Nc1cn[nH]c1. The Morgan fingerprint density at radius 2 is 2.09 bits per heavy atom. The molecule has 0 aliphatic carbocycles. The smallest absolute Gasteiger partial charge is 0.224 e. The predicted molar refractivity (Wildman–Crippen MR) is 82.5 cm³/mol. The second-order valence-corrected chi connectivity index (χ2v) is 5.10. The van der Waals surface area contributed by atoms with E-state index in [0.717, 1.165) is 5.56 Å². The van der Waals surface area contributed by atoms with Crippen LogP contribution in [0.4, 0.5) is 5.69 Å². The maximum Gasteiger partial charge on any atom is 0.224 e. The number of hydrogen-bond acceptors (Lipinski definition) is 4. The largest absolute Gasteiger partial charge is 0.441 e. The lowest BCUT2D eigenvalue weighted by molar-refractivity contribution is -0.116. The maximum absolute atomic E-state index is 11.8. The quantitative estimate of drug-likeness (QED) is 0.756. The van der Waals surface area contributed by atoms with Gasteiger partial charge in [0.15, 0.2) is 11.7 Å². The molecule has 0 aliphatic heterocycles. The number of hydrogen-bond donors (Lipinski definition) is 2. The molecule has 2 heterocycles.